The number of benzene rings is 2. The minimum Gasteiger partial charge on any atom is -0.460 e. The van der Waals surface area contributed by atoms with Crippen molar-refractivity contribution in [2.75, 3.05) is 13.1 Å². The summed E-state index contributed by atoms with van der Waals surface area (Å²) in [5, 5.41) is 0. The van der Waals surface area contributed by atoms with Crippen LogP contribution < -0.4 is 0 Å². The van der Waals surface area contributed by atoms with Crippen LogP contribution in [0.4, 0.5) is 0 Å². The van der Waals surface area contributed by atoms with E-state index in [1.165, 1.54) is 0 Å². The molecule has 2 aromatic rings. The first kappa shape index (κ1) is 21.6. The molecule has 0 fully saturated rings. The van der Waals surface area contributed by atoms with Crippen molar-refractivity contribution in [2.24, 2.45) is 0 Å². The van der Waals surface area contributed by atoms with Gasteiger partial charge in [0, 0.05) is 13.1 Å². The zero-order valence-electron chi connectivity index (χ0n) is 16.9. The topological polar surface area (TPSA) is 55.8 Å². The summed E-state index contributed by atoms with van der Waals surface area (Å²) < 4.78 is 10.8. The van der Waals surface area contributed by atoms with E-state index in [1.54, 1.807) is 0 Å². The first-order valence-corrected chi connectivity index (χ1v) is 9.49. The second-order valence-corrected chi connectivity index (χ2v) is 7.68. The Morgan fingerprint density at radius 1 is 0.857 bits per heavy atom. The maximum absolute atomic E-state index is 12.3. The van der Waals surface area contributed by atoms with Crippen LogP contribution in [-0.4, -0.2) is 35.5 Å². The van der Waals surface area contributed by atoms with Crippen LogP contribution in [0.5, 0.6) is 0 Å². The van der Waals surface area contributed by atoms with Crippen molar-refractivity contribution in [3.63, 3.8) is 0 Å². The van der Waals surface area contributed by atoms with E-state index in [-0.39, 0.29) is 31.5 Å². The van der Waals surface area contributed by atoms with Crippen molar-refractivity contribution in [3.8, 4) is 0 Å². The zero-order valence-corrected chi connectivity index (χ0v) is 16.9. The first-order valence-electron chi connectivity index (χ1n) is 9.49. The summed E-state index contributed by atoms with van der Waals surface area (Å²) in [5.74, 6) is -0.591. The van der Waals surface area contributed by atoms with Crippen LogP contribution in [-0.2, 0) is 32.2 Å². The van der Waals surface area contributed by atoms with Crippen molar-refractivity contribution in [3.05, 3.63) is 71.8 Å². The predicted molar refractivity (Wildman–Crippen MR) is 108 cm³/mol. The Morgan fingerprint density at radius 2 is 1.43 bits per heavy atom. The smallest absolute Gasteiger partial charge is 0.320 e. The van der Waals surface area contributed by atoms with Gasteiger partial charge in [0.15, 0.2) is 0 Å². The number of carbonyl (C=O) groups excluding carboxylic acids is 2. The largest absolute Gasteiger partial charge is 0.460 e. The van der Waals surface area contributed by atoms with E-state index in [0.717, 1.165) is 11.1 Å². The average Bonchev–Trinajstić information content (AvgIpc) is 2.65. The fourth-order valence-corrected chi connectivity index (χ4v) is 2.66. The Bertz CT molecular complexity index is 738. The van der Waals surface area contributed by atoms with Crippen LogP contribution in [0.15, 0.2) is 60.7 Å². The molecule has 0 saturated heterocycles. The second kappa shape index (κ2) is 10.6. The van der Waals surface area contributed by atoms with Crippen molar-refractivity contribution >= 4 is 11.9 Å². The minimum atomic E-state index is -0.518. The summed E-state index contributed by atoms with van der Waals surface area (Å²) in [5.41, 5.74) is 1.50. The van der Waals surface area contributed by atoms with Gasteiger partial charge in [-0.05, 0) is 31.9 Å². The van der Waals surface area contributed by atoms with Gasteiger partial charge in [0.05, 0.1) is 13.0 Å². The number of ether oxygens (including phenoxy) is 2. The van der Waals surface area contributed by atoms with E-state index in [2.05, 4.69) is 0 Å². The van der Waals surface area contributed by atoms with E-state index in [0.29, 0.717) is 13.1 Å². The Labute approximate surface area is 167 Å². The van der Waals surface area contributed by atoms with Gasteiger partial charge in [0.1, 0.15) is 12.2 Å². The highest BCUT2D eigenvalue weighted by Gasteiger charge is 2.19. The fourth-order valence-electron chi connectivity index (χ4n) is 2.66. The molecule has 5 heteroatoms. The third-order valence-corrected chi connectivity index (χ3v) is 3.90. The predicted octanol–water partition coefficient (Wildman–Crippen LogP) is 3.96. The highest BCUT2D eigenvalue weighted by Crippen LogP contribution is 2.11. The van der Waals surface area contributed by atoms with E-state index in [1.807, 2.05) is 86.3 Å². The van der Waals surface area contributed by atoms with E-state index in [4.69, 9.17) is 9.47 Å². The molecule has 0 aliphatic heterocycles. The number of hydrogen-bond acceptors (Lipinski definition) is 5. The summed E-state index contributed by atoms with van der Waals surface area (Å²) in [4.78, 5) is 26.3. The number of carbonyl (C=O) groups is 2. The molecule has 0 spiro atoms. The van der Waals surface area contributed by atoms with Gasteiger partial charge in [-0.1, -0.05) is 60.7 Å². The second-order valence-electron chi connectivity index (χ2n) is 7.68. The molecule has 0 radical (unpaired) electrons. The molecule has 5 nitrogen and oxygen atoms in total. The standard InChI is InChI=1S/C23H29NO4/c1-23(2,3)28-21(25)14-15-24(16-19-10-6-4-7-11-19)17-22(26)27-18-20-12-8-5-9-13-20/h4-13H,14-18H2,1-3H3. The summed E-state index contributed by atoms with van der Waals surface area (Å²) in [7, 11) is 0. The van der Waals surface area contributed by atoms with Crippen LogP contribution >= 0.6 is 0 Å². The molecule has 0 amide bonds. The van der Waals surface area contributed by atoms with E-state index in [9.17, 15) is 9.59 Å². The van der Waals surface area contributed by atoms with Gasteiger partial charge in [0.25, 0.3) is 0 Å². The molecule has 28 heavy (non-hydrogen) atoms. The van der Waals surface area contributed by atoms with Crippen molar-refractivity contribution in [1.29, 1.82) is 0 Å². The normalized spacial score (nSPS) is 11.3. The van der Waals surface area contributed by atoms with Crippen LogP contribution in [0.25, 0.3) is 0 Å². The molecular formula is C23H29NO4. The van der Waals surface area contributed by atoms with Gasteiger partial charge in [-0.15, -0.1) is 0 Å². The Hall–Kier alpha value is -2.66. The third-order valence-electron chi connectivity index (χ3n) is 3.90. The van der Waals surface area contributed by atoms with Crippen LogP contribution in [0.1, 0.15) is 38.3 Å². The summed E-state index contributed by atoms with van der Waals surface area (Å²) in [6.07, 6.45) is 0.218. The quantitative estimate of drug-likeness (QED) is 0.614. The molecule has 2 aromatic carbocycles. The van der Waals surface area contributed by atoms with Crippen molar-refractivity contribution in [2.45, 2.75) is 45.9 Å². The molecule has 150 valence electrons. The van der Waals surface area contributed by atoms with Gasteiger partial charge in [0.2, 0.25) is 0 Å². The van der Waals surface area contributed by atoms with Crippen LogP contribution in [0.2, 0.25) is 0 Å². The van der Waals surface area contributed by atoms with Crippen LogP contribution in [0.3, 0.4) is 0 Å². The molecule has 0 heterocycles. The van der Waals surface area contributed by atoms with Crippen molar-refractivity contribution < 1.29 is 19.1 Å². The Morgan fingerprint density at radius 3 is 2.00 bits per heavy atom. The molecule has 0 atom stereocenters. The molecule has 0 aliphatic carbocycles. The zero-order chi connectivity index (χ0) is 20.4. The maximum atomic E-state index is 12.3. The molecule has 0 unspecified atom stereocenters. The van der Waals surface area contributed by atoms with E-state index < -0.39 is 5.60 Å². The summed E-state index contributed by atoms with van der Waals surface area (Å²) >= 11 is 0. The maximum Gasteiger partial charge on any atom is 0.320 e. The van der Waals surface area contributed by atoms with Gasteiger partial charge < -0.3 is 9.47 Å². The Kier molecular flexibility index (Phi) is 8.20. The third kappa shape index (κ3) is 8.82. The number of hydrogen-bond donors (Lipinski definition) is 0. The minimum absolute atomic E-state index is 0.116. The number of esters is 2. The molecule has 0 aliphatic rings. The fraction of sp³-hybridized carbons (Fsp3) is 0.391. The number of nitrogens with zero attached hydrogens (tertiary/aromatic N) is 1. The van der Waals surface area contributed by atoms with Crippen molar-refractivity contribution in [1.82, 2.24) is 4.90 Å². The lowest BCUT2D eigenvalue weighted by atomic mass is 10.2. The summed E-state index contributed by atoms with van der Waals surface area (Å²) in [6.45, 7) is 6.86. The van der Waals surface area contributed by atoms with Crippen LogP contribution in [0, 0.1) is 0 Å². The lowest BCUT2D eigenvalue weighted by Gasteiger charge is -2.23. The molecule has 0 N–H and O–H groups in total. The molecule has 2 rings (SSSR count). The summed E-state index contributed by atoms with van der Waals surface area (Å²) in [6, 6.07) is 19.4. The van der Waals surface area contributed by atoms with Gasteiger partial charge in [-0.3, -0.25) is 14.5 Å². The lowest BCUT2D eigenvalue weighted by molar-refractivity contribution is -0.156. The van der Waals surface area contributed by atoms with Gasteiger partial charge >= 0.3 is 11.9 Å². The number of rotatable bonds is 9. The highest BCUT2D eigenvalue weighted by molar-refractivity contribution is 5.72. The molecule has 0 aromatic heterocycles. The lowest BCUT2D eigenvalue weighted by Crippen LogP contribution is -2.33. The first-order chi connectivity index (χ1) is 13.3. The van der Waals surface area contributed by atoms with E-state index >= 15 is 0 Å². The Balaban J connectivity index is 1.91. The average molecular weight is 383 g/mol. The molecule has 0 saturated carbocycles. The monoisotopic (exact) mass is 383 g/mol. The highest BCUT2D eigenvalue weighted by atomic mass is 16.6. The molecule has 0 bridgehead atoms. The van der Waals surface area contributed by atoms with Gasteiger partial charge in [-0.2, -0.15) is 0 Å². The SMILES string of the molecule is CC(C)(C)OC(=O)CCN(CC(=O)OCc1ccccc1)Cc1ccccc1. The van der Waals surface area contributed by atoms with Gasteiger partial charge in [-0.25, -0.2) is 0 Å². The molecular weight excluding hydrogens is 354 g/mol.